The molecule has 0 aliphatic rings. The van der Waals surface area contributed by atoms with E-state index in [1.54, 1.807) is 0 Å². The molecular formula is C10H19NO4. The van der Waals surface area contributed by atoms with Crippen molar-refractivity contribution in [2.24, 2.45) is 0 Å². The van der Waals surface area contributed by atoms with Gasteiger partial charge in [-0.1, -0.05) is 0 Å². The van der Waals surface area contributed by atoms with Gasteiger partial charge in [0.15, 0.2) is 0 Å². The molecule has 0 aliphatic heterocycles. The van der Waals surface area contributed by atoms with Crippen LogP contribution in [-0.2, 0) is 9.59 Å². The molecule has 0 aromatic heterocycles. The van der Waals surface area contributed by atoms with Gasteiger partial charge in [0.1, 0.15) is 11.6 Å². The molecule has 0 saturated heterocycles. The molecular weight excluding hydrogens is 198 g/mol. The van der Waals surface area contributed by atoms with Crippen LogP contribution in [0.3, 0.4) is 0 Å². The number of aliphatic hydroxyl groups excluding tert-OH is 2. The summed E-state index contributed by atoms with van der Waals surface area (Å²) in [4.78, 5) is 21.8. The highest BCUT2D eigenvalue weighted by Gasteiger charge is 2.05. The maximum atomic E-state index is 11.2. The Kier molecular flexibility index (Phi) is 8.08. The third-order valence-electron chi connectivity index (χ3n) is 1.90. The molecule has 15 heavy (non-hydrogen) atoms. The van der Waals surface area contributed by atoms with Gasteiger partial charge in [0.25, 0.3) is 0 Å². The number of Topliss-reactive ketones (excluding diaryl/α,β-unsaturated/α-hetero) is 2. The van der Waals surface area contributed by atoms with Gasteiger partial charge in [0.2, 0.25) is 0 Å². The standard InChI is InChI=1S/C10H19NO4/c1-8(13)3-2-4-9(14)5-11-6-10(15)7-12/h10-12,15H,2-7H2,1H3. The van der Waals surface area contributed by atoms with E-state index in [0.29, 0.717) is 19.3 Å². The zero-order valence-electron chi connectivity index (χ0n) is 9.03. The highest BCUT2D eigenvalue weighted by Crippen LogP contribution is 1.96. The molecule has 5 nitrogen and oxygen atoms in total. The molecule has 5 heteroatoms. The molecule has 88 valence electrons. The van der Waals surface area contributed by atoms with Crippen LogP contribution >= 0.6 is 0 Å². The molecule has 0 heterocycles. The minimum Gasteiger partial charge on any atom is -0.394 e. The zero-order valence-corrected chi connectivity index (χ0v) is 9.03. The van der Waals surface area contributed by atoms with Crippen molar-refractivity contribution in [2.45, 2.75) is 32.3 Å². The second-order valence-corrected chi connectivity index (χ2v) is 3.56. The highest BCUT2D eigenvalue weighted by molar-refractivity contribution is 5.81. The molecule has 1 unspecified atom stereocenters. The SMILES string of the molecule is CC(=O)CCCC(=O)CNCC(O)CO. The van der Waals surface area contributed by atoms with Crippen molar-refractivity contribution in [3.63, 3.8) is 0 Å². The number of carbonyl (C=O) groups is 2. The van der Waals surface area contributed by atoms with Crippen LogP contribution in [0.1, 0.15) is 26.2 Å². The van der Waals surface area contributed by atoms with Crippen molar-refractivity contribution < 1.29 is 19.8 Å². The number of ketones is 2. The first-order chi connectivity index (χ1) is 7.06. The molecule has 0 rings (SSSR count). The van der Waals surface area contributed by atoms with Gasteiger partial charge in [-0.25, -0.2) is 0 Å². The highest BCUT2D eigenvalue weighted by atomic mass is 16.3. The smallest absolute Gasteiger partial charge is 0.146 e. The van der Waals surface area contributed by atoms with E-state index in [-0.39, 0.29) is 31.3 Å². The summed E-state index contributed by atoms with van der Waals surface area (Å²) in [5, 5.41) is 20.2. The van der Waals surface area contributed by atoms with Crippen molar-refractivity contribution in [1.29, 1.82) is 0 Å². The summed E-state index contributed by atoms with van der Waals surface area (Å²) in [7, 11) is 0. The Morgan fingerprint density at radius 3 is 2.53 bits per heavy atom. The van der Waals surface area contributed by atoms with Gasteiger partial charge in [0.05, 0.1) is 19.3 Å². The number of rotatable bonds is 9. The number of carbonyl (C=O) groups excluding carboxylic acids is 2. The lowest BCUT2D eigenvalue weighted by Crippen LogP contribution is -2.32. The number of nitrogens with one attached hydrogen (secondary N) is 1. The Morgan fingerprint density at radius 2 is 2.00 bits per heavy atom. The molecule has 0 spiro atoms. The van der Waals surface area contributed by atoms with Crippen molar-refractivity contribution in [2.75, 3.05) is 19.7 Å². The number of hydrogen-bond donors (Lipinski definition) is 3. The van der Waals surface area contributed by atoms with Gasteiger partial charge in [-0.2, -0.15) is 0 Å². The summed E-state index contributed by atoms with van der Waals surface area (Å²) in [5.41, 5.74) is 0. The predicted octanol–water partition coefficient (Wildman–Crippen LogP) is -0.742. The van der Waals surface area contributed by atoms with Crippen molar-refractivity contribution in [1.82, 2.24) is 5.32 Å². The fraction of sp³-hybridized carbons (Fsp3) is 0.800. The fourth-order valence-electron chi connectivity index (χ4n) is 1.07. The monoisotopic (exact) mass is 217 g/mol. The molecule has 0 aliphatic carbocycles. The van der Waals surface area contributed by atoms with Crippen LogP contribution < -0.4 is 5.32 Å². The Labute approximate surface area is 89.5 Å². The predicted molar refractivity (Wildman–Crippen MR) is 55.5 cm³/mol. The molecule has 0 aromatic carbocycles. The van der Waals surface area contributed by atoms with E-state index in [1.807, 2.05) is 0 Å². The summed E-state index contributed by atoms with van der Waals surface area (Å²) < 4.78 is 0. The van der Waals surface area contributed by atoms with Crippen LogP contribution in [0.5, 0.6) is 0 Å². The van der Waals surface area contributed by atoms with Gasteiger partial charge < -0.3 is 20.3 Å². The topological polar surface area (TPSA) is 86.6 Å². The summed E-state index contributed by atoms with van der Waals surface area (Å²) in [6.07, 6.45) is 0.570. The van der Waals surface area contributed by atoms with Crippen LogP contribution in [0.25, 0.3) is 0 Å². The minimum absolute atomic E-state index is 0.0152. The lowest BCUT2D eigenvalue weighted by Gasteiger charge is -2.07. The van der Waals surface area contributed by atoms with Crippen molar-refractivity contribution >= 4 is 11.6 Å². The second kappa shape index (κ2) is 8.52. The first-order valence-corrected chi connectivity index (χ1v) is 5.07. The first kappa shape index (κ1) is 14.2. The van der Waals surface area contributed by atoms with Crippen molar-refractivity contribution in [3.8, 4) is 0 Å². The molecule has 3 N–H and O–H groups in total. The lowest BCUT2D eigenvalue weighted by atomic mass is 10.1. The van der Waals surface area contributed by atoms with E-state index >= 15 is 0 Å². The van der Waals surface area contributed by atoms with Gasteiger partial charge in [0, 0.05) is 19.4 Å². The number of aliphatic hydroxyl groups is 2. The third-order valence-corrected chi connectivity index (χ3v) is 1.90. The Morgan fingerprint density at radius 1 is 1.33 bits per heavy atom. The Bertz CT molecular complexity index is 206. The van der Waals surface area contributed by atoms with Crippen molar-refractivity contribution in [3.05, 3.63) is 0 Å². The van der Waals surface area contributed by atoms with E-state index in [9.17, 15) is 9.59 Å². The minimum atomic E-state index is -0.824. The molecule has 0 saturated carbocycles. The zero-order chi connectivity index (χ0) is 11.7. The second-order valence-electron chi connectivity index (χ2n) is 3.56. The maximum Gasteiger partial charge on any atom is 0.146 e. The number of hydrogen-bond acceptors (Lipinski definition) is 5. The summed E-state index contributed by atoms with van der Waals surface area (Å²) in [6.45, 7) is 1.57. The van der Waals surface area contributed by atoms with Crippen LogP contribution in [0.2, 0.25) is 0 Å². The van der Waals surface area contributed by atoms with E-state index in [4.69, 9.17) is 10.2 Å². The van der Waals surface area contributed by atoms with E-state index < -0.39 is 6.10 Å². The lowest BCUT2D eigenvalue weighted by molar-refractivity contribution is -0.119. The maximum absolute atomic E-state index is 11.2. The van der Waals surface area contributed by atoms with Gasteiger partial charge in [-0.3, -0.25) is 4.79 Å². The van der Waals surface area contributed by atoms with E-state index in [2.05, 4.69) is 5.32 Å². The molecule has 0 bridgehead atoms. The van der Waals surface area contributed by atoms with E-state index in [1.165, 1.54) is 6.92 Å². The van der Waals surface area contributed by atoms with Crippen LogP contribution in [0, 0.1) is 0 Å². The first-order valence-electron chi connectivity index (χ1n) is 5.07. The third kappa shape index (κ3) is 9.52. The molecule has 1 atom stereocenters. The molecule has 0 aromatic rings. The summed E-state index contributed by atoms with van der Waals surface area (Å²) >= 11 is 0. The molecule has 0 fully saturated rings. The summed E-state index contributed by atoms with van der Waals surface area (Å²) in [6, 6.07) is 0. The normalized spacial score (nSPS) is 12.5. The summed E-state index contributed by atoms with van der Waals surface area (Å²) in [5.74, 6) is 0.104. The van der Waals surface area contributed by atoms with Crippen LogP contribution in [-0.4, -0.2) is 47.6 Å². The molecule has 0 radical (unpaired) electrons. The van der Waals surface area contributed by atoms with Gasteiger partial charge in [-0.15, -0.1) is 0 Å². The van der Waals surface area contributed by atoms with E-state index in [0.717, 1.165) is 0 Å². The molecule has 0 amide bonds. The quantitative estimate of drug-likeness (QED) is 0.473. The largest absolute Gasteiger partial charge is 0.394 e. The van der Waals surface area contributed by atoms with Gasteiger partial charge in [-0.05, 0) is 13.3 Å². The Balaban J connectivity index is 3.37. The average molecular weight is 217 g/mol. The fourth-order valence-corrected chi connectivity index (χ4v) is 1.07. The van der Waals surface area contributed by atoms with Crippen LogP contribution in [0.4, 0.5) is 0 Å². The average Bonchev–Trinajstić information content (AvgIpc) is 2.17. The Hall–Kier alpha value is -0.780. The van der Waals surface area contributed by atoms with Crippen LogP contribution in [0.15, 0.2) is 0 Å². The van der Waals surface area contributed by atoms with Gasteiger partial charge >= 0.3 is 0 Å².